The molecule has 2 amide bonds. The van der Waals surface area contributed by atoms with E-state index in [1.807, 2.05) is 111 Å². The van der Waals surface area contributed by atoms with Crippen LogP contribution < -0.4 is 20.1 Å². The summed E-state index contributed by atoms with van der Waals surface area (Å²) >= 11 is 0. The summed E-state index contributed by atoms with van der Waals surface area (Å²) in [5.41, 5.74) is 0.956. The fraction of sp³-hybridized carbons (Fsp3) is 0.500. The molecule has 7 rings (SSSR count). The number of nitrogens with zero attached hydrogens (tertiary/aromatic N) is 7. The number of amides is 2. The van der Waals surface area contributed by atoms with E-state index in [4.69, 9.17) is 33.0 Å². The van der Waals surface area contributed by atoms with Crippen molar-refractivity contribution in [1.82, 2.24) is 34.6 Å². The summed E-state index contributed by atoms with van der Waals surface area (Å²) < 4.78 is 43.1. The third kappa shape index (κ3) is 10.9. The van der Waals surface area contributed by atoms with Crippen molar-refractivity contribution in [3.8, 4) is 17.6 Å². The zero-order valence-electron chi connectivity index (χ0n) is 40.7. The summed E-state index contributed by atoms with van der Waals surface area (Å²) in [5.74, 6) is 1.63. The molecule has 0 aliphatic carbocycles. The summed E-state index contributed by atoms with van der Waals surface area (Å²) in [4.78, 5) is 27.3. The van der Waals surface area contributed by atoms with Crippen molar-refractivity contribution in [2.24, 2.45) is 0 Å². The lowest BCUT2D eigenvalue weighted by molar-refractivity contribution is -0.289. The lowest BCUT2D eigenvalue weighted by atomic mass is 9.79. The van der Waals surface area contributed by atoms with Crippen molar-refractivity contribution in [2.75, 3.05) is 32.8 Å². The van der Waals surface area contributed by atoms with Gasteiger partial charge in [0.15, 0.2) is 17.0 Å². The summed E-state index contributed by atoms with van der Waals surface area (Å²) in [7, 11) is 1.59. The molecule has 5 aromatic rings. The quantitative estimate of drug-likeness (QED) is 0.0453. The lowest BCUT2D eigenvalue weighted by Gasteiger charge is -2.49. The minimum absolute atomic E-state index is 0.0572. The number of carbonyl (C=O) groups excluding carboxylic acids is 1. The van der Waals surface area contributed by atoms with Gasteiger partial charge in [-0.1, -0.05) is 54.6 Å². The number of nitriles is 1. The molecule has 0 spiro atoms. The minimum atomic E-state index is -1.69. The van der Waals surface area contributed by atoms with Crippen LogP contribution in [-0.4, -0.2) is 104 Å². The summed E-state index contributed by atoms with van der Waals surface area (Å²) in [6, 6.07) is 27.4. The first-order valence-corrected chi connectivity index (χ1v) is 24.3. The number of hydrogen-bond acceptors (Lipinski definition) is 13. The number of fused-ring (bicyclic) bond motifs is 1. The molecule has 2 aromatic heterocycles. The third-order valence-corrected chi connectivity index (χ3v) is 14.7. The number of hydroxylamine groups is 2. The van der Waals surface area contributed by atoms with Gasteiger partial charge in [0.05, 0.1) is 52.4 Å². The first-order chi connectivity index (χ1) is 32.5. The molecule has 2 aliphatic rings. The number of anilines is 1. The summed E-state index contributed by atoms with van der Waals surface area (Å²) in [6.45, 7) is 16.2. The SMILES string of the molecule is COc1ccc(C(OC[C@H]2O[C@@H](n3cnc4c(NC(=O)NC5CC(C)(C)N([O])C(C)(C)C5)ncnc43)C[C@@H]2OP(OCCC#N)N(C(C)C)C(C)C)(c2ccccc2)c2ccc(OC)cc2)cc1. The number of piperidine rings is 1. The molecular weight excluding hydrogens is 886 g/mol. The molecule has 17 nitrogen and oxygen atoms in total. The smallest absolute Gasteiger partial charge is 0.320 e. The highest BCUT2D eigenvalue weighted by Crippen LogP contribution is 2.51. The first-order valence-electron chi connectivity index (χ1n) is 23.1. The topological polar surface area (TPSA) is 190 Å². The second-order valence-corrected chi connectivity index (χ2v) is 20.4. The van der Waals surface area contributed by atoms with E-state index in [2.05, 4.69) is 59.0 Å². The number of urea groups is 1. The van der Waals surface area contributed by atoms with E-state index < -0.39 is 49.7 Å². The van der Waals surface area contributed by atoms with Gasteiger partial charge < -0.3 is 33.3 Å². The van der Waals surface area contributed by atoms with Gasteiger partial charge in [0.1, 0.15) is 35.8 Å². The second kappa shape index (κ2) is 21.6. The molecule has 2 saturated heterocycles. The Morgan fingerprint density at radius 1 is 0.897 bits per heavy atom. The van der Waals surface area contributed by atoms with Crippen LogP contribution in [0.5, 0.6) is 11.5 Å². The Kier molecular flexibility index (Phi) is 16.0. The third-order valence-electron chi connectivity index (χ3n) is 12.5. The highest BCUT2D eigenvalue weighted by molar-refractivity contribution is 7.44. The van der Waals surface area contributed by atoms with E-state index in [-0.39, 0.29) is 43.6 Å². The van der Waals surface area contributed by atoms with Crippen LogP contribution in [0, 0.1) is 11.3 Å². The van der Waals surface area contributed by atoms with Crippen LogP contribution in [0.4, 0.5) is 10.6 Å². The van der Waals surface area contributed by atoms with Gasteiger partial charge in [0, 0.05) is 35.6 Å². The molecule has 1 radical (unpaired) electrons. The molecular formula is C50H65N9O8P. The summed E-state index contributed by atoms with van der Waals surface area (Å²) in [5, 5.41) is 29.5. The van der Waals surface area contributed by atoms with Crippen molar-refractivity contribution in [1.29, 1.82) is 5.26 Å². The Bertz CT molecular complexity index is 2410. The van der Waals surface area contributed by atoms with E-state index in [0.29, 0.717) is 41.9 Å². The van der Waals surface area contributed by atoms with Crippen LogP contribution in [0.1, 0.15) is 104 Å². The van der Waals surface area contributed by atoms with Crippen molar-refractivity contribution < 1.29 is 38.0 Å². The van der Waals surface area contributed by atoms with E-state index in [1.54, 1.807) is 20.5 Å². The Morgan fingerprint density at radius 2 is 1.49 bits per heavy atom. The molecule has 2 aliphatic heterocycles. The fourth-order valence-corrected chi connectivity index (χ4v) is 11.4. The predicted molar refractivity (Wildman–Crippen MR) is 258 cm³/mol. The van der Waals surface area contributed by atoms with Crippen molar-refractivity contribution in [3.05, 3.63) is 108 Å². The van der Waals surface area contributed by atoms with Crippen LogP contribution in [0.3, 0.4) is 0 Å². The van der Waals surface area contributed by atoms with Gasteiger partial charge in [-0.3, -0.25) is 9.88 Å². The number of imidazole rings is 1. The zero-order valence-corrected chi connectivity index (χ0v) is 41.6. The molecule has 3 aromatic carbocycles. The molecule has 2 N–H and O–H groups in total. The average Bonchev–Trinajstić information content (AvgIpc) is 3.93. The monoisotopic (exact) mass is 950 g/mol. The standard InChI is InChI=1S/C50H65N9O8P/c1-33(2)58(34(3)4)68(65-26-14-25-51)67-41-27-43(57-32-54-44-45(52-31-53-46(44)57)56-47(60)55-38-28-48(5,6)59(61)49(7,8)29-38)66-42(41)30-64-50(35-15-12-11-13-16-35,36-17-21-39(62-9)22-18-36)37-19-23-40(63-10)24-20-37/h11-13,15-24,31-34,38,41-43H,14,26-30H2,1-10H3,(H2,52,53,55,56,60)/t41-,42+,43+,68?/m0/s1. The Hall–Kier alpha value is -5.28. The van der Waals surface area contributed by atoms with Gasteiger partial charge in [-0.05, 0) is 109 Å². The highest BCUT2D eigenvalue weighted by Gasteiger charge is 2.48. The minimum Gasteiger partial charge on any atom is -0.497 e. The maximum Gasteiger partial charge on any atom is 0.320 e. The number of benzene rings is 3. The number of aromatic nitrogens is 4. The average molecular weight is 951 g/mol. The molecule has 18 heteroatoms. The van der Waals surface area contributed by atoms with Gasteiger partial charge in [0.25, 0.3) is 8.53 Å². The molecule has 2 fully saturated rings. The molecule has 363 valence electrons. The largest absolute Gasteiger partial charge is 0.497 e. The molecule has 0 bridgehead atoms. The Labute approximate surface area is 401 Å². The van der Waals surface area contributed by atoms with Gasteiger partial charge >= 0.3 is 6.03 Å². The number of nitrogens with one attached hydrogen (secondary N) is 2. The van der Waals surface area contributed by atoms with Crippen LogP contribution in [0.2, 0.25) is 0 Å². The maximum absolute atomic E-state index is 13.5. The van der Waals surface area contributed by atoms with E-state index >= 15 is 0 Å². The van der Waals surface area contributed by atoms with Gasteiger partial charge in [-0.25, -0.2) is 24.4 Å². The summed E-state index contributed by atoms with van der Waals surface area (Å²) in [6.07, 6.45) is 2.65. The van der Waals surface area contributed by atoms with Crippen LogP contribution in [0.15, 0.2) is 91.5 Å². The number of methoxy groups -OCH3 is 2. The van der Waals surface area contributed by atoms with Gasteiger partial charge in [0.2, 0.25) is 0 Å². The molecule has 4 heterocycles. The Balaban J connectivity index is 1.24. The molecule has 4 atom stereocenters. The maximum atomic E-state index is 13.5. The zero-order chi connectivity index (χ0) is 48.8. The number of ether oxygens (including phenoxy) is 4. The van der Waals surface area contributed by atoms with Crippen molar-refractivity contribution in [3.63, 3.8) is 0 Å². The first kappa shape index (κ1) is 50.6. The normalized spacial score (nSPS) is 20.2. The van der Waals surface area contributed by atoms with Crippen molar-refractivity contribution >= 4 is 31.5 Å². The molecule has 68 heavy (non-hydrogen) atoms. The number of carbonyl (C=O) groups is 1. The van der Waals surface area contributed by atoms with Crippen molar-refractivity contribution in [2.45, 2.75) is 134 Å². The van der Waals surface area contributed by atoms with E-state index in [9.17, 15) is 15.3 Å². The second-order valence-electron chi connectivity index (χ2n) is 19.0. The highest BCUT2D eigenvalue weighted by atomic mass is 31.2. The fourth-order valence-electron chi connectivity index (χ4n) is 9.67. The van der Waals surface area contributed by atoms with Gasteiger partial charge in [-0.15, -0.1) is 10.3 Å². The Morgan fingerprint density at radius 3 is 2.04 bits per heavy atom. The number of hydrogen-bond donors (Lipinski definition) is 2. The number of rotatable bonds is 19. The van der Waals surface area contributed by atoms with E-state index in [1.165, 1.54) is 6.33 Å². The molecule has 0 saturated carbocycles. The van der Waals surface area contributed by atoms with E-state index in [0.717, 1.165) is 21.8 Å². The van der Waals surface area contributed by atoms with Crippen LogP contribution in [0.25, 0.3) is 11.2 Å². The lowest BCUT2D eigenvalue weighted by Crippen LogP contribution is -2.62. The van der Waals surface area contributed by atoms with Crippen LogP contribution in [-0.2, 0) is 29.3 Å². The van der Waals surface area contributed by atoms with Gasteiger partial charge in [-0.2, -0.15) is 5.26 Å². The van der Waals surface area contributed by atoms with Crippen LogP contribution >= 0.6 is 8.53 Å². The predicted octanol–water partition coefficient (Wildman–Crippen LogP) is 9.29. The molecule has 1 unspecified atom stereocenters.